The maximum absolute atomic E-state index is 13.7. The van der Waals surface area contributed by atoms with Gasteiger partial charge in [0.2, 0.25) is 15.9 Å². The van der Waals surface area contributed by atoms with E-state index in [-0.39, 0.29) is 18.8 Å². The van der Waals surface area contributed by atoms with E-state index in [0.717, 1.165) is 17.7 Å². The zero-order valence-corrected chi connectivity index (χ0v) is 16.3. The molecule has 1 heterocycles. The number of hydrogen-bond donors (Lipinski definition) is 1. The molecule has 0 aromatic heterocycles. The highest BCUT2D eigenvalue weighted by molar-refractivity contribution is 7.88. The molecule has 1 amide bonds. The lowest BCUT2D eigenvalue weighted by molar-refractivity contribution is -0.121. The van der Waals surface area contributed by atoms with Gasteiger partial charge in [0, 0.05) is 19.0 Å². The van der Waals surface area contributed by atoms with E-state index < -0.39 is 39.2 Å². The highest BCUT2D eigenvalue weighted by Gasteiger charge is 2.31. The third-order valence-electron chi connectivity index (χ3n) is 4.90. The summed E-state index contributed by atoms with van der Waals surface area (Å²) in [6, 6.07) is 10.7. The Morgan fingerprint density at radius 1 is 1.07 bits per heavy atom. The first-order valence-electron chi connectivity index (χ1n) is 9.04. The minimum atomic E-state index is -3.49. The standard InChI is InChI=1S/C20H22F2N2O3S/c1-14-5-7-15(8-6-14)13-28(26,27)24-11-9-16(10-12-24)20(25)23-19-17(21)3-2-4-18(19)22/h2-8,16H,9-13H2,1H3,(H,23,25). The first-order chi connectivity index (χ1) is 13.3. The van der Waals surface area contributed by atoms with E-state index in [4.69, 9.17) is 0 Å². The van der Waals surface area contributed by atoms with E-state index >= 15 is 0 Å². The Labute approximate surface area is 163 Å². The number of halogens is 2. The Balaban J connectivity index is 1.59. The maximum Gasteiger partial charge on any atom is 0.227 e. The van der Waals surface area contributed by atoms with Gasteiger partial charge in [-0.15, -0.1) is 0 Å². The van der Waals surface area contributed by atoms with Crippen molar-refractivity contribution in [1.29, 1.82) is 0 Å². The van der Waals surface area contributed by atoms with Gasteiger partial charge in [0.05, 0.1) is 5.75 Å². The summed E-state index contributed by atoms with van der Waals surface area (Å²) in [6.07, 6.45) is 0.601. The first kappa shape index (κ1) is 20.4. The van der Waals surface area contributed by atoms with Crippen molar-refractivity contribution in [3.8, 4) is 0 Å². The third kappa shape index (κ3) is 4.74. The van der Waals surface area contributed by atoms with E-state index in [9.17, 15) is 22.0 Å². The number of benzene rings is 2. The van der Waals surface area contributed by atoms with Crippen LogP contribution in [0.1, 0.15) is 24.0 Å². The van der Waals surface area contributed by atoms with Gasteiger partial charge >= 0.3 is 0 Å². The predicted octanol–water partition coefficient (Wildman–Crippen LogP) is 3.45. The van der Waals surface area contributed by atoms with Gasteiger partial charge < -0.3 is 5.32 Å². The van der Waals surface area contributed by atoms with Crippen LogP contribution in [0, 0.1) is 24.5 Å². The van der Waals surface area contributed by atoms with Gasteiger partial charge in [-0.3, -0.25) is 4.79 Å². The van der Waals surface area contributed by atoms with Crippen molar-refractivity contribution in [1.82, 2.24) is 4.31 Å². The number of amides is 1. The predicted molar refractivity (Wildman–Crippen MR) is 103 cm³/mol. The van der Waals surface area contributed by atoms with Crippen LogP contribution in [0.2, 0.25) is 0 Å². The molecule has 8 heteroatoms. The van der Waals surface area contributed by atoms with Gasteiger partial charge in [-0.05, 0) is 37.5 Å². The molecule has 5 nitrogen and oxygen atoms in total. The number of carbonyl (C=O) groups is 1. The maximum atomic E-state index is 13.7. The van der Waals surface area contributed by atoms with E-state index in [2.05, 4.69) is 5.32 Å². The molecular formula is C20H22F2N2O3S. The Morgan fingerprint density at radius 3 is 2.21 bits per heavy atom. The molecule has 1 saturated heterocycles. The Morgan fingerprint density at radius 2 is 1.64 bits per heavy atom. The highest BCUT2D eigenvalue weighted by Crippen LogP contribution is 2.25. The van der Waals surface area contributed by atoms with Crippen LogP contribution in [0.25, 0.3) is 0 Å². The average molecular weight is 408 g/mol. The third-order valence-corrected chi connectivity index (χ3v) is 6.75. The summed E-state index contributed by atoms with van der Waals surface area (Å²) < 4.78 is 54.0. The molecular weight excluding hydrogens is 386 g/mol. The summed E-state index contributed by atoms with van der Waals surface area (Å²) in [5.74, 6) is -2.77. The van der Waals surface area contributed by atoms with Crippen LogP contribution in [-0.2, 0) is 20.6 Å². The van der Waals surface area contributed by atoms with Crippen molar-refractivity contribution >= 4 is 21.6 Å². The number of anilines is 1. The highest BCUT2D eigenvalue weighted by atomic mass is 32.2. The first-order valence-corrected chi connectivity index (χ1v) is 10.7. The monoisotopic (exact) mass is 408 g/mol. The molecule has 3 rings (SSSR count). The fourth-order valence-corrected chi connectivity index (χ4v) is 4.79. The molecule has 1 N–H and O–H groups in total. The molecule has 28 heavy (non-hydrogen) atoms. The van der Waals surface area contributed by atoms with E-state index in [1.54, 1.807) is 12.1 Å². The second-order valence-corrected chi connectivity index (χ2v) is 8.97. The number of carbonyl (C=O) groups excluding carboxylic acids is 1. The number of para-hydroxylation sites is 1. The van der Waals surface area contributed by atoms with Crippen molar-refractivity contribution < 1.29 is 22.0 Å². The van der Waals surface area contributed by atoms with Crippen LogP contribution < -0.4 is 5.32 Å². The molecule has 1 aliphatic rings. The lowest BCUT2D eigenvalue weighted by Gasteiger charge is -2.30. The molecule has 0 unspecified atom stereocenters. The number of sulfonamides is 1. The molecule has 150 valence electrons. The van der Waals surface area contributed by atoms with Crippen LogP contribution in [0.15, 0.2) is 42.5 Å². The topological polar surface area (TPSA) is 66.5 Å². The molecule has 0 saturated carbocycles. The summed E-state index contributed by atoms with van der Waals surface area (Å²) in [5.41, 5.74) is 1.29. The molecule has 1 fully saturated rings. The largest absolute Gasteiger partial charge is 0.321 e. The Hall–Kier alpha value is -2.32. The molecule has 0 aliphatic carbocycles. The number of nitrogens with one attached hydrogen (secondary N) is 1. The SMILES string of the molecule is Cc1ccc(CS(=O)(=O)N2CCC(C(=O)Nc3c(F)cccc3F)CC2)cc1. The minimum Gasteiger partial charge on any atom is -0.321 e. The molecule has 2 aromatic carbocycles. The molecule has 2 aromatic rings. The van der Waals surface area contributed by atoms with Gasteiger partial charge in [0.25, 0.3) is 0 Å². The molecule has 1 aliphatic heterocycles. The number of nitrogens with zero attached hydrogens (tertiary/aromatic N) is 1. The summed E-state index contributed by atoms with van der Waals surface area (Å²) in [5, 5.41) is 2.29. The van der Waals surface area contributed by atoms with Gasteiger partial charge in [-0.2, -0.15) is 0 Å². The van der Waals surface area contributed by atoms with Crippen molar-refractivity contribution in [3.63, 3.8) is 0 Å². The lowest BCUT2D eigenvalue weighted by Crippen LogP contribution is -2.42. The van der Waals surface area contributed by atoms with Crippen LogP contribution in [0.3, 0.4) is 0 Å². The van der Waals surface area contributed by atoms with E-state index in [1.165, 1.54) is 10.4 Å². The fourth-order valence-electron chi connectivity index (χ4n) is 3.22. The van der Waals surface area contributed by atoms with Crippen LogP contribution >= 0.6 is 0 Å². The molecule has 0 spiro atoms. The van der Waals surface area contributed by atoms with Crippen LogP contribution in [-0.4, -0.2) is 31.7 Å². The van der Waals surface area contributed by atoms with Gasteiger partial charge in [0.15, 0.2) is 0 Å². The van der Waals surface area contributed by atoms with Crippen molar-refractivity contribution in [2.45, 2.75) is 25.5 Å². The fraction of sp³-hybridized carbons (Fsp3) is 0.350. The van der Waals surface area contributed by atoms with Gasteiger partial charge in [-0.1, -0.05) is 35.9 Å². The van der Waals surface area contributed by atoms with Crippen molar-refractivity contribution in [2.75, 3.05) is 18.4 Å². The summed E-state index contributed by atoms with van der Waals surface area (Å²) in [6.45, 7) is 2.33. The molecule has 0 radical (unpaired) electrons. The van der Waals surface area contributed by atoms with Crippen molar-refractivity contribution in [3.05, 3.63) is 65.2 Å². The van der Waals surface area contributed by atoms with Crippen LogP contribution in [0.5, 0.6) is 0 Å². The van der Waals surface area contributed by atoms with Gasteiger partial charge in [-0.25, -0.2) is 21.5 Å². The van der Waals surface area contributed by atoms with E-state index in [1.807, 2.05) is 19.1 Å². The number of hydrogen-bond acceptors (Lipinski definition) is 3. The minimum absolute atomic E-state index is 0.0927. The van der Waals surface area contributed by atoms with Crippen molar-refractivity contribution in [2.24, 2.45) is 5.92 Å². The number of aryl methyl sites for hydroxylation is 1. The lowest BCUT2D eigenvalue weighted by atomic mass is 9.97. The molecule has 0 bridgehead atoms. The Kier molecular flexibility index (Phi) is 6.10. The quantitative estimate of drug-likeness (QED) is 0.824. The molecule has 0 atom stereocenters. The van der Waals surface area contributed by atoms with E-state index in [0.29, 0.717) is 18.4 Å². The Bertz CT molecular complexity index is 934. The second kappa shape index (κ2) is 8.36. The second-order valence-electron chi connectivity index (χ2n) is 7.00. The number of rotatable bonds is 5. The average Bonchev–Trinajstić information content (AvgIpc) is 2.66. The van der Waals surface area contributed by atoms with Crippen LogP contribution in [0.4, 0.5) is 14.5 Å². The van der Waals surface area contributed by atoms with Gasteiger partial charge in [0.1, 0.15) is 17.3 Å². The summed E-state index contributed by atoms with van der Waals surface area (Å²) in [7, 11) is -3.49. The smallest absolute Gasteiger partial charge is 0.227 e. The normalized spacial score (nSPS) is 16.1. The summed E-state index contributed by atoms with van der Waals surface area (Å²) >= 11 is 0. The zero-order chi connectivity index (χ0) is 20.3. The summed E-state index contributed by atoms with van der Waals surface area (Å²) in [4.78, 5) is 12.3. The zero-order valence-electron chi connectivity index (χ0n) is 15.5. The number of piperidine rings is 1.